The van der Waals surface area contributed by atoms with Gasteiger partial charge in [0.25, 0.3) is 25.8 Å². The van der Waals surface area contributed by atoms with Crippen LogP contribution < -0.4 is 20.7 Å². The number of carbonyl (C=O) groups excluding carboxylic acids is 2. The summed E-state index contributed by atoms with van der Waals surface area (Å²) in [4.78, 5) is 32.8. The van der Waals surface area contributed by atoms with Gasteiger partial charge in [-0.3, -0.25) is 14.5 Å². The van der Waals surface area contributed by atoms with E-state index in [1.807, 2.05) is 35.1 Å². The average Bonchev–Trinajstić information content (AvgIpc) is 3.33. The van der Waals surface area contributed by atoms with Crippen LogP contribution in [0.15, 0.2) is 98.6 Å². The molecule has 19 heteroatoms. The lowest BCUT2D eigenvalue weighted by Gasteiger charge is -2.72. The van der Waals surface area contributed by atoms with Gasteiger partial charge in [-0.15, -0.1) is 11.8 Å². The van der Waals surface area contributed by atoms with Crippen molar-refractivity contribution in [3.8, 4) is 0 Å². The largest absolute Gasteiger partial charge is 0.501 e. The Hall–Kier alpha value is -4.14. The molecule has 13 nitrogen and oxygen atoms in total. The zero-order valence-electron chi connectivity index (χ0n) is 42.7. The standard InChI is InChI=1S/C54H74F3N7O6S3/c1-51(2)22-20-41(46(34-51)53-37-52(3,38-53)39-53)35-63-29-31-64(32-30-63)43-16-14-40(15-17-43)50(66)60-73(69,70)45-18-19-47(48(33-45)72(67,68)54(55,56)57)59-42(36-71-44-11-7-6-8-12-44)21-24-62-27-25-61(26-28-62)23-10-5-4-9-13-49(58)65/h6-8,11-12,14-19,33,42,59H,4-5,9-10,13,20-32,34-39H2,1-3H3,(H2,58,65)(H,60,66)/t42-,52?,53?/m1/s1. The summed E-state index contributed by atoms with van der Waals surface area (Å²) >= 11 is 1.46. The number of nitrogens with two attached hydrogens (primary N) is 1. The number of sulfone groups is 1. The highest BCUT2D eigenvalue weighted by atomic mass is 32.2. The Bertz CT molecular complexity index is 2670. The van der Waals surface area contributed by atoms with Gasteiger partial charge in [-0.1, -0.05) is 63.0 Å². The number of hydrogen-bond donors (Lipinski definition) is 3. The van der Waals surface area contributed by atoms with Crippen molar-refractivity contribution >= 4 is 54.8 Å². The molecule has 400 valence electrons. The SMILES string of the molecule is CC1(C)CCC(CN2CCN(c3ccc(C(=O)NS(=O)(=O)c4ccc(N[C@H](CCN5CCN(CCCCCCC(N)=O)CC5)CSc5ccccc5)c(S(=O)(=O)C(F)(F)F)c4)cc3)CC2)=C(C23CC(C)(C2)C3)C1. The first-order valence-corrected chi connectivity index (χ1v) is 30.0. The van der Waals surface area contributed by atoms with Gasteiger partial charge in [0.15, 0.2) is 0 Å². The Morgan fingerprint density at radius 3 is 2.04 bits per heavy atom. The molecule has 2 heterocycles. The minimum absolute atomic E-state index is 0.0171. The molecule has 2 bridgehead atoms. The predicted molar refractivity (Wildman–Crippen MR) is 283 cm³/mol. The van der Waals surface area contributed by atoms with Gasteiger partial charge < -0.3 is 25.8 Å². The number of halogens is 3. The summed E-state index contributed by atoms with van der Waals surface area (Å²) in [5, 5.41) is 3.05. The van der Waals surface area contributed by atoms with E-state index in [9.17, 15) is 39.6 Å². The van der Waals surface area contributed by atoms with Crippen LogP contribution in [0, 0.1) is 16.2 Å². The van der Waals surface area contributed by atoms with Crippen LogP contribution in [-0.2, 0) is 24.7 Å². The van der Waals surface area contributed by atoms with Gasteiger partial charge in [-0.25, -0.2) is 21.6 Å². The summed E-state index contributed by atoms with van der Waals surface area (Å²) in [5.74, 6) is -0.920. The smallest absolute Gasteiger partial charge is 0.380 e. The molecule has 3 saturated carbocycles. The first kappa shape index (κ1) is 55.1. The lowest BCUT2D eigenvalue weighted by molar-refractivity contribution is -0.167. The highest BCUT2D eigenvalue weighted by Gasteiger charge is 2.67. The summed E-state index contributed by atoms with van der Waals surface area (Å²) in [6, 6.07) is 18.0. The molecule has 2 aliphatic heterocycles. The number of nitrogens with zero attached hydrogens (tertiary/aromatic N) is 4. The fourth-order valence-corrected chi connectivity index (χ4v) is 15.0. The second-order valence-corrected chi connectivity index (χ2v) is 27.1. The molecule has 4 N–H and O–H groups in total. The van der Waals surface area contributed by atoms with Gasteiger partial charge in [0, 0.05) is 99.8 Å². The van der Waals surface area contributed by atoms with Crippen LogP contribution in [0.1, 0.15) is 108 Å². The highest BCUT2D eigenvalue weighted by molar-refractivity contribution is 7.99. The van der Waals surface area contributed by atoms with Crippen molar-refractivity contribution in [3.63, 3.8) is 0 Å². The van der Waals surface area contributed by atoms with E-state index in [-0.39, 0.29) is 11.5 Å². The van der Waals surface area contributed by atoms with E-state index in [0.717, 1.165) is 120 Å². The zero-order valence-corrected chi connectivity index (χ0v) is 45.1. The van der Waals surface area contributed by atoms with Crippen LogP contribution in [0.3, 0.4) is 0 Å². The number of thioether (sulfide) groups is 1. The molecule has 0 spiro atoms. The number of sulfonamides is 1. The molecular weight excluding hydrogens is 996 g/mol. The van der Waals surface area contributed by atoms with Crippen LogP contribution in [-0.4, -0.2) is 133 Å². The molecule has 5 fully saturated rings. The van der Waals surface area contributed by atoms with Gasteiger partial charge in [0.2, 0.25) is 5.91 Å². The number of rotatable bonds is 23. The lowest BCUT2D eigenvalue weighted by atomic mass is 9.33. The normalized spacial score (nSPS) is 23.3. The number of hydrogen-bond acceptors (Lipinski definition) is 12. The Kier molecular flexibility index (Phi) is 17.1. The molecule has 3 aromatic rings. The Morgan fingerprint density at radius 2 is 1.41 bits per heavy atom. The molecule has 6 aliphatic rings. The second kappa shape index (κ2) is 22.6. The Labute approximate surface area is 435 Å². The van der Waals surface area contributed by atoms with Gasteiger partial charge in [0.1, 0.15) is 4.90 Å². The van der Waals surface area contributed by atoms with Crippen molar-refractivity contribution in [2.24, 2.45) is 22.0 Å². The van der Waals surface area contributed by atoms with Crippen molar-refractivity contribution in [1.82, 2.24) is 19.4 Å². The Balaban J connectivity index is 0.889. The molecule has 0 radical (unpaired) electrons. The van der Waals surface area contributed by atoms with Crippen LogP contribution >= 0.6 is 11.8 Å². The van der Waals surface area contributed by atoms with Crippen molar-refractivity contribution in [3.05, 3.63) is 89.5 Å². The number of allylic oxidation sites excluding steroid dienone is 1. The van der Waals surface area contributed by atoms with E-state index < -0.39 is 52.8 Å². The first-order chi connectivity index (χ1) is 34.5. The summed E-state index contributed by atoms with van der Waals surface area (Å²) in [7, 11) is -10.9. The van der Waals surface area contributed by atoms with E-state index in [1.54, 1.807) is 23.3 Å². The summed E-state index contributed by atoms with van der Waals surface area (Å²) < 4.78 is 98.9. The molecule has 9 rings (SSSR count). The van der Waals surface area contributed by atoms with Crippen LogP contribution in [0.4, 0.5) is 24.5 Å². The number of primary amides is 1. The topological polar surface area (TPSA) is 165 Å². The fraction of sp³-hybridized carbons (Fsp3) is 0.593. The molecule has 73 heavy (non-hydrogen) atoms. The van der Waals surface area contributed by atoms with Gasteiger partial charge in [-0.2, -0.15) is 13.2 Å². The molecular formula is C54H74F3N7O6S3. The third kappa shape index (κ3) is 13.6. The summed E-state index contributed by atoms with van der Waals surface area (Å²) in [6.07, 6.45) is 12.2. The third-order valence-corrected chi connectivity index (χ3v) is 20.0. The zero-order chi connectivity index (χ0) is 52.2. The molecule has 1 atom stereocenters. The van der Waals surface area contributed by atoms with Crippen LogP contribution in [0.2, 0.25) is 0 Å². The quantitative estimate of drug-likeness (QED) is 0.0470. The predicted octanol–water partition coefficient (Wildman–Crippen LogP) is 8.93. The third-order valence-electron chi connectivity index (χ3n) is 15.9. The monoisotopic (exact) mass is 1070 g/mol. The highest BCUT2D eigenvalue weighted by Crippen LogP contribution is 2.77. The van der Waals surface area contributed by atoms with E-state index >= 15 is 0 Å². The first-order valence-electron chi connectivity index (χ1n) is 26.0. The molecule has 4 aliphatic carbocycles. The summed E-state index contributed by atoms with van der Waals surface area (Å²) in [5.41, 5.74) is 4.74. The van der Waals surface area contributed by atoms with E-state index in [4.69, 9.17) is 5.73 Å². The summed E-state index contributed by atoms with van der Waals surface area (Å²) in [6.45, 7) is 16.4. The number of unbranched alkanes of at least 4 members (excludes halogenated alkanes) is 3. The van der Waals surface area contributed by atoms with Gasteiger partial charge >= 0.3 is 5.51 Å². The number of alkyl halides is 3. The van der Waals surface area contributed by atoms with Gasteiger partial charge in [-0.05, 0) is 135 Å². The minimum Gasteiger partial charge on any atom is -0.380 e. The van der Waals surface area contributed by atoms with Gasteiger partial charge in [0.05, 0.1) is 10.6 Å². The number of piperazine rings is 2. The number of carbonyl (C=O) groups is 2. The van der Waals surface area contributed by atoms with Crippen molar-refractivity contribution in [2.45, 2.75) is 124 Å². The van der Waals surface area contributed by atoms with E-state index in [2.05, 4.69) is 45.7 Å². The molecule has 2 amide bonds. The average molecular weight is 1070 g/mol. The fourth-order valence-electron chi connectivity index (χ4n) is 12.0. The van der Waals surface area contributed by atoms with Crippen molar-refractivity contribution in [2.75, 3.05) is 88.0 Å². The number of nitrogens with one attached hydrogen (secondary N) is 2. The van der Waals surface area contributed by atoms with Crippen molar-refractivity contribution in [1.29, 1.82) is 0 Å². The lowest BCUT2D eigenvalue weighted by Crippen LogP contribution is -2.61. The Morgan fingerprint density at radius 1 is 0.781 bits per heavy atom. The van der Waals surface area contributed by atoms with Crippen LogP contribution in [0.25, 0.3) is 0 Å². The molecule has 0 aromatic heterocycles. The molecule has 3 aromatic carbocycles. The molecule has 0 unspecified atom stereocenters. The maximum Gasteiger partial charge on any atom is 0.501 e. The van der Waals surface area contributed by atoms with E-state index in [0.29, 0.717) is 47.5 Å². The van der Waals surface area contributed by atoms with Crippen molar-refractivity contribution < 1.29 is 39.6 Å². The maximum absolute atomic E-state index is 14.4. The van der Waals surface area contributed by atoms with E-state index in [1.165, 1.54) is 56.0 Å². The second-order valence-electron chi connectivity index (χ2n) is 22.5. The minimum atomic E-state index is -6.07. The number of anilines is 2. The van der Waals surface area contributed by atoms with Crippen LogP contribution in [0.5, 0.6) is 0 Å². The number of amides is 2. The number of benzene rings is 3. The maximum atomic E-state index is 14.4. The molecule has 2 saturated heterocycles.